The van der Waals surface area contributed by atoms with Gasteiger partial charge >= 0.3 is 0 Å². The molecule has 2 heterocycles. The number of aromatic nitrogens is 2. The fraction of sp³-hybridized carbons (Fsp3) is 0.235. The maximum Gasteiger partial charge on any atom is 0.257 e. The monoisotopic (exact) mass is 392 g/mol. The van der Waals surface area contributed by atoms with Gasteiger partial charge in [-0.1, -0.05) is 24.6 Å². The van der Waals surface area contributed by atoms with Crippen LogP contribution in [0.2, 0.25) is 5.02 Å². The summed E-state index contributed by atoms with van der Waals surface area (Å²) in [5, 5.41) is 14.8. The predicted octanol–water partition coefficient (Wildman–Crippen LogP) is 5.06. The van der Waals surface area contributed by atoms with Crippen LogP contribution in [0.4, 0.5) is 5.69 Å². The van der Waals surface area contributed by atoms with Crippen LogP contribution in [0.3, 0.4) is 0 Å². The highest BCUT2D eigenvalue weighted by Gasteiger charge is 2.15. The van der Waals surface area contributed by atoms with Crippen molar-refractivity contribution in [3.63, 3.8) is 0 Å². The van der Waals surface area contributed by atoms with E-state index in [2.05, 4.69) is 22.4 Å². The molecule has 0 radical (unpaired) electrons. The molecule has 8 heteroatoms. The minimum atomic E-state index is 0.464. The lowest BCUT2D eigenvalue weighted by Crippen LogP contribution is -2.35. The summed E-state index contributed by atoms with van der Waals surface area (Å²) >= 11 is 13.0. The van der Waals surface area contributed by atoms with Crippen molar-refractivity contribution < 1.29 is 4.42 Å². The maximum absolute atomic E-state index is 5.91. The van der Waals surface area contributed by atoms with Crippen molar-refractivity contribution in [1.29, 1.82) is 0 Å². The quantitative estimate of drug-likeness (QED) is 0.591. The number of thiophene rings is 1. The summed E-state index contributed by atoms with van der Waals surface area (Å²) in [6.45, 7) is 3.35. The molecule has 0 bridgehead atoms. The van der Waals surface area contributed by atoms with E-state index in [9.17, 15) is 0 Å². The van der Waals surface area contributed by atoms with Crippen molar-refractivity contribution in [1.82, 2.24) is 15.1 Å². The van der Waals surface area contributed by atoms with Crippen molar-refractivity contribution in [3.8, 4) is 10.8 Å². The van der Waals surface area contributed by atoms with Gasteiger partial charge in [0.25, 0.3) is 5.89 Å². The van der Waals surface area contributed by atoms with Crippen LogP contribution in [0.5, 0.6) is 0 Å². The largest absolute Gasteiger partial charge is 0.418 e. The molecule has 3 aromatic rings. The van der Waals surface area contributed by atoms with Gasteiger partial charge < -0.3 is 14.6 Å². The Morgan fingerprint density at radius 3 is 2.76 bits per heavy atom. The molecule has 3 rings (SSSR count). The van der Waals surface area contributed by atoms with E-state index in [1.807, 2.05) is 46.7 Å². The van der Waals surface area contributed by atoms with Crippen LogP contribution in [0, 0.1) is 0 Å². The zero-order valence-electron chi connectivity index (χ0n) is 13.6. The summed E-state index contributed by atoms with van der Waals surface area (Å²) in [6.07, 6.45) is 0.953. The highest BCUT2D eigenvalue weighted by Crippen LogP contribution is 2.23. The zero-order valence-corrected chi connectivity index (χ0v) is 16.0. The van der Waals surface area contributed by atoms with E-state index in [1.54, 1.807) is 11.3 Å². The van der Waals surface area contributed by atoms with Gasteiger partial charge in [0.05, 0.1) is 11.4 Å². The van der Waals surface area contributed by atoms with E-state index < -0.39 is 0 Å². The summed E-state index contributed by atoms with van der Waals surface area (Å²) in [6, 6.07) is 11.3. The molecule has 0 saturated heterocycles. The van der Waals surface area contributed by atoms with Crippen molar-refractivity contribution in [2.75, 3.05) is 11.9 Å². The minimum Gasteiger partial charge on any atom is -0.418 e. The standard InChI is InChI=1S/C17H17ClN4OS2/c1-2-9-22(17(24)19-13-7-5-12(18)6-8-13)11-15-20-21-16(23-15)14-4-3-10-25-14/h3-8,10H,2,9,11H2,1H3,(H,19,24). The molecule has 0 atom stereocenters. The van der Waals surface area contributed by atoms with Gasteiger partial charge in [-0.15, -0.1) is 21.5 Å². The number of nitrogens with one attached hydrogen (secondary N) is 1. The van der Waals surface area contributed by atoms with Crippen LogP contribution in [0.15, 0.2) is 46.2 Å². The van der Waals surface area contributed by atoms with Gasteiger partial charge in [-0.05, 0) is 54.4 Å². The summed E-state index contributed by atoms with van der Waals surface area (Å²) in [4.78, 5) is 2.97. The second-order valence-corrected chi connectivity index (χ2v) is 7.11. The van der Waals surface area contributed by atoms with Gasteiger partial charge in [-0.25, -0.2) is 0 Å². The third-order valence-corrected chi connectivity index (χ3v) is 4.87. The minimum absolute atomic E-state index is 0.464. The second kappa shape index (κ2) is 8.42. The average Bonchev–Trinajstić information content (AvgIpc) is 3.27. The van der Waals surface area contributed by atoms with Gasteiger partial charge in [-0.3, -0.25) is 0 Å². The lowest BCUT2D eigenvalue weighted by atomic mass is 10.3. The third-order valence-electron chi connectivity index (χ3n) is 3.40. The van der Waals surface area contributed by atoms with Gasteiger partial charge in [0.15, 0.2) is 5.11 Å². The predicted molar refractivity (Wildman–Crippen MR) is 106 cm³/mol. The van der Waals surface area contributed by atoms with E-state index in [-0.39, 0.29) is 0 Å². The molecule has 1 N–H and O–H groups in total. The number of rotatable bonds is 6. The lowest BCUT2D eigenvalue weighted by molar-refractivity contribution is 0.359. The molecule has 0 saturated carbocycles. The van der Waals surface area contributed by atoms with Crippen molar-refractivity contribution in [2.45, 2.75) is 19.9 Å². The van der Waals surface area contributed by atoms with Crippen LogP contribution < -0.4 is 5.32 Å². The van der Waals surface area contributed by atoms with E-state index >= 15 is 0 Å². The Morgan fingerprint density at radius 2 is 2.08 bits per heavy atom. The molecule has 0 spiro atoms. The Balaban J connectivity index is 1.68. The second-order valence-electron chi connectivity index (χ2n) is 5.34. The molecule has 130 valence electrons. The molecule has 1 aromatic carbocycles. The fourth-order valence-corrected chi connectivity index (χ4v) is 3.28. The first-order valence-corrected chi connectivity index (χ1v) is 9.50. The number of nitrogens with zero attached hydrogens (tertiary/aromatic N) is 3. The number of halogens is 1. The van der Waals surface area contributed by atoms with Gasteiger partial charge in [0.2, 0.25) is 5.89 Å². The third kappa shape index (κ3) is 4.78. The molecule has 0 unspecified atom stereocenters. The molecule has 5 nitrogen and oxygen atoms in total. The number of benzene rings is 1. The average molecular weight is 393 g/mol. The molecule has 0 fully saturated rings. The normalized spacial score (nSPS) is 10.6. The van der Waals surface area contributed by atoms with E-state index in [4.69, 9.17) is 28.2 Å². The Morgan fingerprint density at radius 1 is 1.28 bits per heavy atom. The summed E-state index contributed by atoms with van der Waals surface area (Å²) in [5.41, 5.74) is 0.889. The van der Waals surface area contributed by atoms with Crippen molar-refractivity contribution in [2.24, 2.45) is 0 Å². The summed E-state index contributed by atoms with van der Waals surface area (Å²) in [5.74, 6) is 1.08. The molecule has 0 aliphatic rings. The van der Waals surface area contributed by atoms with Gasteiger partial charge in [0, 0.05) is 17.3 Å². The van der Waals surface area contributed by atoms with Gasteiger partial charge in [-0.2, -0.15) is 0 Å². The highest BCUT2D eigenvalue weighted by atomic mass is 35.5. The van der Waals surface area contributed by atoms with Crippen LogP contribution >= 0.6 is 35.2 Å². The number of anilines is 1. The molecular formula is C17H17ClN4OS2. The Labute approximate surface area is 160 Å². The number of hydrogen-bond acceptors (Lipinski definition) is 5. The zero-order chi connectivity index (χ0) is 17.6. The highest BCUT2D eigenvalue weighted by molar-refractivity contribution is 7.80. The topological polar surface area (TPSA) is 54.2 Å². The number of hydrogen-bond donors (Lipinski definition) is 1. The van der Waals surface area contributed by atoms with Crippen molar-refractivity contribution in [3.05, 3.63) is 52.7 Å². The number of thiocarbonyl (C=S) groups is 1. The Hall–Kier alpha value is -1.96. The smallest absolute Gasteiger partial charge is 0.257 e. The molecular weight excluding hydrogens is 376 g/mol. The van der Waals surface area contributed by atoms with Gasteiger partial charge in [0.1, 0.15) is 0 Å². The molecule has 2 aromatic heterocycles. The first kappa shape index (κ1) is 17.8. The van der Waals surface area contributed by atoms with E-state index in [0.29, 0.717) is 28.5 Å². The summed E-state index contributed by atoms with van der Waals surface area (Å²) < 4.78 is 5.76. The Kier molecular flexibility index (Phi) is 6.01. The van der Waals surface area contributed by atoms with Crippen LogP contribution in [0.1, 0.15) is 19.2 Å². The first-order valence-electron chi connectivity index (χ1n) is 7.83. The molecule has 0 amide bonds. The van der Waals surface area contributed by atoms with E-state index in [1.165, 1.54) is 0 Å². The SMILES string of the molecule is CCCN(Cc1nnc(-c2cccs2)o1)C(=S)Nc1ccc(Cl)cc1. The summed E-state index contributed by atoms with van der Waals surface area (Å²) in [7, 11) is 0. The molecule has 0 aliphatic carbocycles. The fourth-order valence-electron chi connectivity index (χ4n) is 2.24. The molecule has 0 aliphatic heterocycles. The van der Waals surface area contributed by atoms with E-state index in [0.717, 1.165) is 23.5 Å². The maximum atomic E-state index is 5.91. The lowest BCUT2D eigenvalue weighted by Gasteiger charge is -2.23. The first-order chi connectivity index (χ1) is 12.2. The Bertz CT molecular complexity index is 818. The molecule has 25 heavy (non-hydrogen) atoms. The van der Waals surface area contributed by atoms with Crippen LogP contribution in [0.25, 0.3) is 10.8 Å². The van der Waals surface area contributed by atoms with Crippen LogP contribution in [-0.2, 0) is 6.54 Å². The van der Waals surface area contributed by atoms with Crippen molar-refractivity contribution >= 4 is 46.0 Å². The van der Waals surface area contributed by atoms with Crippen LogP contribution in [-0.4, -0.2) is 26.8 Å².